The summed E-state index contributed by atoms with van der Waals surface area (Å²) in [7, 11) is -2.61. The first-order valence-electron chi connectivity index (χ1n) is 5.16. The molecule has 0 saturated carbocycles. The minimum atomic E-state index is -4.05. The summed E-state index contributed by atoms with van der Waals surface area (Å²) in [5.41, 5.74) is 5.09. The summed E-state index contributed by atoms with van der Waals surface area (Å²) >= 11 is 8.75. The normalized spacial score (nSPS) is 13.5. The van der Waals surface area contributed by atoms with E-state index in [1.54, 1.807) is 6.92 Å². The van der Waals surface area contributed by atoms with Crippen LogP contribution < -0.4 is 10.5 Å². The Morgan fingerprint density at radius 2 is 2.21 bits per heavy atom. The molecule has 0 aliphatic carbocycles. The summed E-state index contributed by atoms with van der Waals surface area (Å²) < 4.78 is 45.0. The molecule has 3 N–H and O–H groups in total. The van der Waals surface area contributed by atoms with Gasteiger partial charge in [-0.05, 0) is 28.9 Å². The van der Waals surface area contributed by atoms with Crippen LogP contribution >= 0.6 is 27.5 Å². The lowest BCUT2D eigenvalue weighted by molar-refractivity contribution is 0.122. The van der Waals surface area contributed by atoms with Crippen molar-refractivity contribution < 1.29 is 17.5 Å². The summed E-state index contributed by atoms with van der Waals surface area (Å²) in [6, 6.07) is 0.997. The Morgan fingerprint density at radius 1 is 1.63 bits per heavy atom. The van der Waals surface area contributed by atoms with Crippen LogP contribution in [0.3, 0.4) is 0 Å². The first-order chi connectivity index (χ1) is 8.70. The molecule has 0 radical (unpaired) electrons. The van der Waals surface area contributed by atoms with Gasteiger partial charge in [0.25, 0.3) is 0 Å². The molecule has 0 saturated heterocycles. The van der Waals surface area contributed by atoms with Crippen molar-refractivity contribution in [2.24, 2.45) is 0 Å². The summed E-state index contributed by atoms with van der Waals surface area (Å²) in [5, 5.41) is 0.0130. The number of ether oxygens (including phenoxy) is 1. The summed E-state index contributed by atoms with van der Waals surface area (Å²) in [5.74, 6) is -1.05. The molecule has 1 rings (SSSR count). The minimum Gasteiger partial charge on any atom is -0.395 e. The largest absolute Gasteiger partial charge is 0.395 e. The number of anilines is 1. The Morgan fingerprint density at radius 3 is 2.74 bits per heavy atom. The number of nitrogens with one attached hydrogen (secondary N) is 1. The van der Waals surface area contributed by atoms with E-state index in [-0.39, 0.29) is 27.8 Å². The number of methoxy groups -OCH3 is 1. The number of rotatable bonds is 5. The molecule has 5 nitrogen and oxygen atoms in total. The van der Waals surface area contributed by atoms with E-state index in [0.717, 1.165) is 6.07 Å². The number of hydrogen-bond donors (Lipinski definition) is 2. The highest BCUT2D eigenvalue weighted by molar-refractivity contribution is 9.10. The van der Waals surface area contributed by atoms with Crippen molar-refractivity contribution in [3.63, 3.8) is 0 Å². The van der Waals surface area contributed by atoms with Crippen LogP contribution in [0, 0.1) is 5.82 Å². The Hall–Kier alpha value is -0.410. The molecular formula is C10H13BrClFN2O3S. The van der Waals surface area contributed by atoms with Gasteiger partial charge in [0.15, 0.2) is 5.82 Å². The molecule has 0 aliphatic rings. The van der Waals surface area contributed by atoms with Gasteiger partial charge in [-0.25, -0.2) is 17.5 Å². The van der Waals surface area contributed by atoms with Crippen LogP contribution in [0.1, 0.15) is 6.92 Å². The highest BCUT2D eigenvalue weighted by Crippen LogP contribution is 2.34. The van der Waals surface area contributed by atoms with Crippen LogP contribution in [-0.2, 0) is 14.8 Å². The van der Waals surface area contributed by atoms with E-state index in [0.29, 0.717) is 0 Å². The number of nitrogen functional groups attached to an aromatic ring is 1. The fourth-order valence-electron chi connectivity index (χ4n) is 1.18. The second kappa shape index (κ2) is 6.36. The van der Waals surface area contributed by atoms with Crippen LogP contribution in [0.15, 0.2) is 15.4 Å². The number of nitrogens with two attached hydrogens (primary N) is 1. The first-order valence-corrected chi connectivity index (χ1v) is 7.81. The van der Waals surface area contributed by atoms with E-state index in [9.17, 15) is 12.8 Å². The van der Waals surface area contributed by atoms with Gasteiger partial charge in [-0.2, -0.15) is 0 Å². The van der Waals surface area contributed by atoms with E-state index < -0.39 is 20.7 Å². The molecule has 1 aromatic carbocycles. The second-order valence-corrected chi connectivity index (χ2v) is 6.73. The van der Waals surface area contributed by atoms with Crippen LogP contribution in [0.2, 0.25) is 5.02 Å². The quantitative estimate of drug-likeness (QED) is 0.610. The molecule has 0 aromatic heterocycles. The molecule has 1 aromatic rings. The molecule has 0 spiro atoms. The highest BCUT2D eigenvalue weighted by atomic mass is 79.9. The Balaban J connectivity index is 3.16. The number of benzene rings is 1. The van der Waals surface area contributed by atoms with Crippen molar-refractivity contribution in [3.05, 3.63) is 21.4 Å². The Kier molecular flexibility index (Phi) is 5.57. The van der Waals surface area contributed by atoms with E-state index in [4.69, 9.17) is 22.1 Å². The third kappa shape index (κ3) is 3.79. The third-order valence-electron chi connectivity index (χ3n) is 2.41. The van der Waals surface area contributed by atoms with Gasteiger partial charge in [0.2, 0.25) is 10.0 Å². The van der Waals surface area contributed by atoms with Crippen molar-refractivity contribution in [2.45, 2.75) is 17.9 Å². The first kappa shape index (κ1) is 16.6. The Labute approximate surface area is 124 Å². The van der Waals surface area contributed by atoms with Gasteiger partial charge in [0.1, 0.15) is 4.90 Å². The molecule has 0 amide bonds. The van der Waals surface area contributed by atoms with E-state index in [1.165, 1.54) is 7.11 Å². The van der Waals surface area contributed by atoms with Crippen LogP contribution in [0.5, 0.6) is 0 Å². The van der Waals surface area contributed by atoms with E-state index in [2.05, 4.69) is 20.7 Å². The maximum Gasteiger partial charge on any atom is 0.243 e. The number of hydrogen-bond acceptors (Lipinski definition) is 4. The second-order valence-electron chi connectivity index (χ2n) is 3.80. The monoisotopic (exact) mass is 374 g/mol. The summed E-state index contributed by atoms with van der Waals surface area (Å²) in [6.45, 7) is 1.67. The fraction of sp³-hybridized carbons (Fsp3) is 0.400. The predicted octanol–water partition coefficient (Wildman–Crippen LogP) is 2.14. The van der Waals surface area contributed by atoms with Gasteiger partial charge in [-0.1, -0.05) is 11.6 Å². The maximum atomic E-state index is 13.9. The molecular weight excluding hydrogens is 363 g/mol. The zero-order valence-electron chi connectivity index (χ0n) is 10.2. The van der Waals surface area contributed by atoms with Crippen LogP contribution in [0.25, 0.3) is 0 Å². The third-order valence-corrected chi connectivity index (χ3v) is 5.21. The van der Waals surface area contributed by atoms with E-state index >= 15 is 0 Å². The molecule has 0 fully saturated rings. The zero-order chi connectivity index (χ0) is 14.8. The van der Waals surface area contributed by atoms with Gasteiger partial charge in [-0.3, -0.25) is 0 Å². The topological polar surface area (TPSA) is 81.4 Å². The van der Waals surface area contributed by atoms with Crippen LogP contribution in [-0.4, -0.2) is 28.2 Å². The van der Waals surface area contributed by atoms with Gasteiger partial charge in [0, 0.05) is 13.7 Å². The van der Waals surface area contributed by atoms with Gasteiger partial charge < -0.3 is 10.5 Å². The smallest absolute Gasteiger partial charge is 0.243 e. The van der Waals surface area contributed by atoms with Crippen LogP contribution in [0.4, 0.5) is 10.1 Å². The molecule has 0 aliphatic heterocycles. The van der Waals surface area contributed by atoms with E-state index in [1.807, 2.05) is 0 Å². The SMILES string of the molecule is COC(C)CNS(=O)(=O)c1cc(Cl)c(Br)c(N)c1F. The number of halogens is 3. The van der Waals surface area contributed by atoms with Gasteiger partial charge in [0.05, 0.1) is 21.3 Å². The lowest BCUT2D eigenvalue weighted by atomic mass is 10.3. The number of sulfonamides is 1. The Bertz CT molecular complexity index is 583. The zero-order valence-corrected chi connectivity index (χ0v) is 13.4. The summed E-state index contributed by atoms with van der Waals surface area (Å²) in [6.07, 6.45) is -0.346. The van der Waals surface area contributed by atoms with Gasteiger partial charge >= 0.3 is 0 Å². The average molecular weight is 376 g/mol. The average Bonchev–Trinajstić information content (AvgIpc) is 2.37. The molecule has 1 atom stereocenters. The van der Waals surface area contributed by atoms with Crippen molar-refractivity contribution in [1.82, 2.24) is 4.72 Å². The molecule has 9 heteroatoms. The lowest BCUT2D eigenvalue weighted by Gasteiger charge is -2.13. The predicted molar refractivity (Wildman–Crippen MR) is 75.2 cm³/mol. The van der Waals surface area contributed by atoms with Gasteiger partial charge in [-0.15, -0.1) is 0 Å². The van der Waals surface area contributed by atoms with Crippen molar-refractivity contribution in [2.75, 3.05) is 19.4 Å². The van der Waals surface area contributed by atoms with Crippen molar-refractivity contribution in [3.8, 4) is 0 Å². The maximum absolute atomic E-state index is 13.9. The highest BCUT2D eigenvalue weighted by Gasteiger charge is 2.24. The summed E-state index contributed by atoms with van der Waals surface area (Å²) in [4.78, 5) is -0.596. The molecule has 0 bridgehead atoms. The molecule has 19 heavy (non-hydrogen) atoms. The minimum absolute atomic E-state index is 0.00581. The molecule has 108 valence electrons. The molecule has 0 heterocycles. The standard InChI is InChI=1S/C10H13BrClFN2O3S/c1-5(18-2)4-15-19(16,17)7-3-6(12)8(11)10(14)9(7)13/h3,5,15H,4,14H2,1-2H3. The van der Waals surface area contributed by atoms with Crippen molar-refractivity contribution in [1.29, 1.82) is 0 Å². The molecule has 1 unspecified atom stereocenters. The fourth-order valence-corrected chi connectivity index (χ4v) is 2.98. The van der Waals surface area contributed by atoms with Crippen molar-refractivity contribution >= 4 is 43.2 Å². The lowest BCUT2D eigenvalue weighted by Crippen LogP contribution is -2.32.